The third kappa shape index (κ3) is 2.93. The Morgan fingerprint density at radius 2 is 2.00 bits per heavy atom. The molecule has 1 aromatic carbocycles. The van der Waals surface area contributed by atoms with E-state index in [0.717, 1.165) is 5.56 Å². The molecule has 0 radical (unpaired) electrons. The number of carbonyl (C=O) groups is 1. The maximum absolute atomic E-state index is 10.9. The lowest BCUT2D eigenvalue weighted by atomic mass is 10.2. The van der Waals surface area contributed by atoms with Crippen molar-refractivity contribution in [3.05, 3.63) is 42.0 Å². The Kier molecular flexibility index (Phi) is 3.61. The molecule has 0 spiro atoms. The Balaban J connectivity index is 2.64. The molecule has 0 unspecified atom stereocenters. The molecule has 1 aromatic rings. The minimum Gasteiger partial charge on any atom is -0.282 e. The van der Waals surface area contributed by atoms with Gasteiger partial charge in [-0.2, -0.15) is 0 Å². The molecule has 2 heteroatoms. The van der Waals surface area contributed by atoms with Gasteiger partial charge in [-0.1, -0.05) is 48.2 Å². The molecule has 0 aliphatic rings. The molecule has 1 rings (SSSR count). The van der Waals surface area contributed by atoms with Crippen LogP contribution >= 0.6 is 11.8 Å². The van der Waals surface area contributed by atoms with Gasteiger partial charge in [-0.25, -0.2) is 0 Å². The van der Waals surface area contributed by atoms with Gasteiger partial charge in [-0.05, 0) is 17.9 Å². The highest BCUT2D eigenvalue weighted by molar-refractivity contribution is 8.13. The van der Waals surface area contributed by atoms with Gasteiger partial charge in [0, 0.05) is 0 Å². The Morgan fingerprint density at radius 3 is 2.58 bits per heavy atom. The van der Waals surface area contributed by atoms with Crippen molar-refractivity contribution in [3.63, 3.8) is 0 Å². The summed E-state index contributed by atoms with van der Waals surface area (Å²) in [4.78, 5) is 10.9. The van der Waals surface area contributed by atoms with Crippen molar-refractivity contribution in [3.8, 4) is 0 Å². The van der Waals surface area contributed by atoms with Crippen LogP contribution in [0.2, 0.25) is 0 Å². The molecule has 62 valence electrons. The van der Waals surface area contributed by atoms with E-state index in [1.807, 2.05) is 36.4 Å². The molecule has 0 bridgehead atoms. The lowest BCUT2D eigenvalue weighted by Gasteiger charge is -1.89. The molecular formula is C10H10OS. The average Bonchev–Trinajstić information content (AvgIpc) is 2.16. The van der Waals surface area contributed by atoms with Crippen LogP contribution in [0.3, 0.4) is 0 Å². The minimum atomic E-state index is 0.0823. The zero-order valence-electron chi connectivity index (χ0n) is 6.86. The van der Waals surface area contributed by atoms with Crippen LogP contribution in [0.25, 0.3) is 6.08 Å². The molecule has 0 atom stereocenters. The molecule has 0 saturated carbocycles. The summed E-state index contributed by atoms with van der Waals surface area (Å²) in [7, 11) is 0. The molecule has 0 amide bonds. The van der Waals surface area contributed by atoms with E-state index in [0.29, 0.717) is 0 Å². The third-order valence-corrected chi connectivity index (χ3v) is 1.95. The van der Waals surface area contributed by atoms with Crippen molar-refractivity contribution in [2.75, 3.05) is 6.26 Å². The van der Waals surface area contributed by atoms with Gasteiger partial charge in [-0.3, -0.25) is 4.79 Å². The number of hydrogen-bond acceptors (Lipinski definition) is 2. The summed E-state index contributed by atoms with van der Waals surface area (Å²) in [6.07, 6.45) is 5.18. The second-order valence-corrected chi connectivity index (χ2v) is 3.08. The highest BCUT2D eigenvalue weighted by Crippen LogP contribution is 2.03. The van der Waals surface area contributed by atoms with Crippen LogP contribution in [0, 0.1) is 0 Å². The Labute approximate surface area is 76.5 Å². The molecule has 0 fully saturated rings. The fourth-order valence-corrected chi connectivity index (χ4v) is 1.00. The summed E-state index contributed by atoms with van der Waals surface area (Å²) >= 11 is 1.22. The standard InChI is InChI=1S/C10H10OS/c1-12-10(11)8-7-9-5-3-2-4-6-9/h2-8H,1H3/b8-7+. The quantitative estimate of drug-likeness (QED) is 0.647. The lowest BCUT2D eigenvalue weighted by molar-refractivity contribution is -0.106. The fraction of sp³-hybridized carbons (Fsp3) is 0.100. The third-order valence-electron chi connectivity index (χ3n) is 1.41. The molecule has 0 aliphatic carbocycles. The largest absolute Gasteiger partial charge is 0.282 e. The molecule has 0 saturated heterocycles. The molecular weight excluding hydrogens is 168 g/mol. The van der Waals surface area contributed by atoms with Crippen LogP contribution < -0.4 is 0 Å². The van der Waals surface area contributed by atoms with Crippen molar-refractivity contribution >= 4 is 23.0 Å². The number of thioether (sulfide) groups is 1. The highest BCUT2D eigenvalue weighted by Gasteiger charge is 1.89. The van der Waals surface area contributed by atoms with Gasteiger partial charge in [0.25, 0.3) is 0 Å². The van der Waals surface area contributed by atoms with Crippen LogP contribution in [0.1, 0.15) is 5.56 Å². The first-order valence-electron chi connectivity index (χ1n) is 3.64. The van der Waals surface area contributed by atoms with Gasteiger partial charge in [-0.15, -0.1) is 0 Å². The van der Waals surface area contributed by atoms with E-state index in [9.17, 15) is 4.79 Å². The maximum Gasteiger partial charge on any atom is 0.211 e. The summed E-state index contributed by atoms with van der Waals surface area (Å²) in [6.45, 7) is 0. The normalized spacial score (nSPS) is 10.4. The minimum absolute atomic E-state index is 0.0823. The second kappa shape index (κ2) is 4.78. The lowest BCUT2D eigenvalue weighted by Crippen LogP contribution is -1.80. The SMILES string of the molecule is CSC(=O)/C=C/c1ccccc1. The number of benzene rings is 1. The smallest absolute Gasteiger partial charge is 0.211 e. The molecule has 0 heterocycles. The highest BCUT2D eigenvalue weighted by atomic mass is 32.2. The summed E-state index contributed by atoms with van der Waals surface area (Å²) < 4.78 is 0. The predicted molar refractivity (Wildman–Crippen MR) is 54.0 cm³/mol. The van der Waals surface area contributed by atoms with Crippen molar-refractivity contribution in [1.29, 1.82) is 0 Å². The van der Waals surface area contributed by atoms with Crippen molar-refractivity contribution in [2.45, 2.75) is 0 Å². The van der Waals surface area contributed by atoms with Crippen LogP contribution in [0.4, 0.5) is 0 Å². The second-order valence-electron chi connectivity index (χ2n) is 2.27. The van der Waals surface area contributed by atoms with Gasteiger partial charge in [0.2, 0.25) is 5.12 Å². The van der Waals surface area contributed by atoms with Gasteiger partial charge in [0.15, 0.2) is 0 Å². The first-order valence-corrected chi connectivity index (χ1v) is 4.86. The van der Waals surface area contributed by atoms with E-state index in [1.165, 1.54) is 11.8 Å². The van der Waals surface area contributed by atoms with E-state index in [4.69, 9.17) is 0 Å². The van der Waals surface area contributed by atoms with Gasteiger partial charge in [0.1, 0.15) is 0 Å². The Bertz CT molecular complexity index is 277. The number of hydrogen-bond donors (Lipinski definition) is 0. The molecule has 0 aromatic heterocycles. The number of carbonyl (C=O) groups excluding carboxylic acids is 1. The van der Waals surface area contributed by atoms with Crippen LogP contribution in [0.15, 0.2) is 36.4 Å². The van der Waals surface area contributed by atoms with Crippen molar-refractivity contribution < 1.29 is 4.79 Å². The molecule has 0 aliphatic heterocycles. The van der Waals surface area contributed by atoms with Crippen LogP contribution in [0.5, 0.6) is 0 Å². The molecule has 0 N–H and O–H groups in total. The van der Waals surface area contributed by atoms with E-state index >= 15 is 0 Å². The van der Waals surface area contributed by atoms with Crippen LogP contribution in [-0.2, 0) is 4.79 Å². The van der Waals surface area contributed by atoms with E-state index < -0.39 is 0 Å². The first kappa shape index (κ1) is 9.07. The summed E-state index contributed by atoms with van der Waals surface area (Å²) in [6, 6.07) is 9.77. The van der Waals surface area contributed by atoms with Crippen LogP contribution in [-0.4, -0.2) is 11.4 Å². The fourth-order valence-electron chi connectivity index (χ4n) is 0.796. The van der Waals surface area contributed by atoms with Gasteiger partial charge < -0.3 is 0 Å². The van der Waals surface area contributed by atoms with Gasteiger partial charge >= 0.3 is 0 Å². The Morgan fingerprint density at radius 1 is 1.33 bits per heavy atom. The van der Waals surface area contributed by atoms with E-state index in [2.05, 4.69) is 0 Å². The van der Waals surface area contributed by atoms with Crippen molar-refractivity contribution in [2.24, 2.45) is 0 Å². The van der Waals surface area contributed by atoms with Gasteiger partial charge in [0.05, 0.1) is 0 Å². The predicted octanol–water partition coefficient (Wildman–Crippen LogP) is 2.59. The van der Waals surface area contributed by atoms with E-state index in [1.54, 1.807) is 12.3 Å². The zero-order chi connectivity index (χ0) is 8.81. The maximum atomic E-state index is 10.9. The van der Waals surface area contributed by atoms with E-state index in [-0.39, 0.29) is 5.12 Å². The molecule has 12 heavy (non-hydrogen) atoms. The summed E-state index contributed by atoms with van der Waals surface area (Å²) in [5.74, 6) is 0. The summed E-state index contributed by atoms with van der Waals surface area (Å²) in [5, 5.41) is 0.0823. The first-order chi connectivity index (χ1) is 5.83. The van der Waals surface area contributed by atoms with Crippen molar-refractivity contribution in [1.82, 2.24) is 0 Å². The molecule has 1 nitrogen and oxygen atoms in total. The Hall–Kier alpha value is -1.02. The summed E-state index contributed by atoms with van der Waals surface area (Å²) in [5.41, 5.74) is 1.06. The average molecular weight is 178 g/mol. The number of rotatable bonds is 2. The zero-order valence-corrected chi connectivity index (χ0v) is 7.67. The topological polar surface area (TPSA) is 17.1 Å². The monoisotopic (exact) mass is 178 g/mol.